The zero-order chi connectivity index (χ0) is 13.0. The maximum absolute atomic E-state index is 5.49. The Morgan fingerprint density at radius 2 is 2.33 bits per heavy atom. The number of hydrazine groups is 1. The summed E-state index contributed by atoms with van der Waals surface area (Å²) in [5.74, 6) is 6.27. The molecule has 1 aliphatic heterocycles. The molecule has 2 rings (SSSR count). The van der Waals surface area contributed by atoms with Crippen molar-refractivity contribution in [2.75, 3.05) is 32.1 Å². The van der Waals surface area contributed by atoms with Crippen LogP contribution in [0.25, 0.3) is 0 Å². The highest BCUT2D eigenvalue weighted by molar-refractivity contribution is 5.42. The third-order valence-corrected chi connectivity index (χ3v) is 3.75. The predicted octanol–water partition coefficient (Wildman–Crippen LogP) is 0.893. The fourth-order valence-electron chi connectivity index (χ4n) is 2.53. The molecule has 1 aromatic heterocycles. The van der Waals surface area contributed by atoms with E-state index in [1.54, 1.807) is 6.20 Å². The lowest BCUT2D eigenvalue weighted by atomic mass is 10.1. The lowest BCUT2D eigenvalue weighted by Gasteiger charge is -2.39. The molecule has 1 unspecified atom stereocenters. The van der Waals surface area contributed by atoms with Gasteiger partial charge in [-0.05, 0) is 19.5 Å². The molecule has 0 amide bonds. The number of hydrogen-bond donors (Lipinski definition) is 2. The fourth-order valence-corrected chi connectivity index (χ4v) is 2.53. The molecular weight excluding hydrogens is 226 g/mol. The molecular formula is C13H23N5. The van der Waals surface area contributed by atoms with Gasteiger partial charge in [-0.2, -0.15) is 0 Å². The molecule has 0 bridgehead atoms. The largest absolute Gasteiger partial charge is 0.308 e. The van der Waals surface area contributed by atoms with Crippen molar-refractivity contribution in [1.82, 2.24) is 14.8 Å². The van der Waals surface area contributed by atoms with Gasteiger partial charge in [0.25, 0.3) is 0 Å². The van der Waals surface area contributed by atoms with Gasteiger partial charge >= 0.3 is 0 Å². The van der Waals surface area contributed by atoms with Crippen LogP contribution in [0.3, 0.4) is 0 Å². The molecule has 1 aliphatic rings. The van der Waals surface area contributed by atoms with Gasteiger partial charge in [0, 0.05) is 44.0 Å². The minimum atomic E-state index is 0.657. The number of rotatable bonds is 4. The Morgan fingerprint density at radius 1 is 1.50 bits per heavy atom. The summed E-state index contributed by atoms with van der Waals surface area (Å²) in [5, 5.41) is 0. The maximum Gasteiger partial charge on any atom is 0.144 e. The molecule has 1 saturated heterocycles. The number of aromatic nitrogens is 1. The number of nitrogens with two attached hydrogens (primary N) is 1. The third kappa shape index (κ3) is 2.98. The molecule has 0 aliphatic carbocycles. The van der Waals surface area contributed by atoms with Crippen LogP contribution in [0.5, 0.6) is 0 Å². The van der Waals surface area contributed by atoms with E-state index in [1.165, 1.54) is 12.0 Å². The minimum absolute atomic E-state index is 0.657. The average molecular weight is 249 g/mol. The van der Waals surface area contributed by atoms with Gasteiger partial charge in [-0.1, -0.05) is 13.0 Å². The Labute approximate surface area is 109 Å². The summed E-state index contributed by atoms with van der Waals surface area (Å²) in [4.78, 5) is 9.17. The Morgan fingerprint density at radius 3 is 3.06 bits per heavy atom. The summed E-state index contributed by atoms with van der Waals surface area (Å²) in [6.45, 7) is 6.52. The normalized spacial score (nSPS) is 22.1. The van der Waals surface area contributed by atoms with Crippen molar-refractivity contribution in [2.45, 2.75) is 25.9 Å². The van der Waals surface area contributed by atoms with Gasteiger partial charge < -0.3 is 10.3 Å². The van der Waals surface area contributed by atoms with Crippen molar-refractivity contribution in [1.29, 1.82) is 0 Å². The number of pyridine rings is 1. The molecule has 18 heavy (non-hydrogen) atoms. The summed E-state index contributed by atoms with van der Waals surface area (Å²) in [7, 11) is 2.21. The second-order valence-electron chi connectivity index (χ2n) is 4.93. The van der Waals surface area contributed by atoms with E-state index in [9.17, 15) is 0 Å². The first kappa shape index (κ1) is 13.3. The van der Waals surface area contributed by atoms with Crippen LogP contribution in [0.15, 0.2) is 18.3 Å². The van der Waals surface area contributed by atoms with E-state index in [-0.39, 0.29) is 0 Å². The summed E-state index contributed by atoms with van der Waals surface area (Å²) >= 11 is 0. The van der Waals surface area contributed by atoms with E-state index >= 15 is 0 Å². The number of anilines is 1. The van der Waals surface area contributed by atoms with Crippen molar-refractivity contribution in [3.05, 3.63) is 23.9 Å². The third-order valence-electron chi connectivity index (χ3n) is 3.75. The van der Waals surface area contributed by atoms with Gasteiger partial charge in [0.05, 0.1) is 0 Å². The summed E-state index contributed by atoms with van der Waals surface area (Å²) in [6, 6.07) is 4.70. The molecule has 5 heteroatoms. The van der Waals surface area contributed by atoms with Crippen LogP contribution in [0.2, 0.25) is 0 Å². The number of piperazine rings is 1. The van der Waals surface area contributed by atoms with Gasteiger partial charge in [-0.3, -0.25) is 4.90 Å². The smallest absolute Gasteiger partial charge is 0.144 e. The topological polar surface area (TPSA) is 57.4 Å². The lowest BCUT2D eigenvalue weighted by Crippen LogP contribution is -2.50. The molecule has 3 N–H and O–H groups in total. The molecule has 1 atom stereocenters. The average Bonchev–Trinajstić information content (AvgIpc) is 2.41. The van der Waals surface area contributed by atoms with Crippen LogP contribution in [0.4, 0.5) is 5.82 Å². The first-order valence-electron chi connectivity index (χ1n) is 6.57. The molecule has 100 valence electrons. The van der Waals surface area contributed by atoms with Crippen molar-refractivity contribution < 1.29 is 0 Å². The summed E-state index contributed by atoms with van der Waals surface area (Å²) < 4.78 is 0. The summed E-state index contributed by atoms with van der Waals surface area (Å²) in [6.07, 6.45) is 2.96. The van der Waals surface area contributed by atoms with E-state index < -0.39 is 0 Å². The fraction of sp³-hybridized carbons (Fsp3) is 0.615. The Bertz CT molecular complexity index is 381. The zero-order valence-electron chi connectivity index (χ0n) is 11.3. The molecule has 0 saturated carbocycles. The Hall–Kier alpha value is -1.17. The molecule has 0 radical (unpaired) electrons. The van der Waals surface area contributed by atoms with Crippen LogP contribution >= 0.6 is 0 Å². The first-order valence-corrected chi connectivity index (χ1v) is 6.57. The van der Waals surface area contributed by atoms with Crippen LogP contribution in [-0.2, 0) is 6.54 Å². The lowest BCUT2D eigenvalue weighted by molar-refractivity contribution is 0.0884. The highest BCUT2D eigenvalue weighted by Crippen LogP contribution is 2.17. The Balaban J connectivity index is 2.01. The van der Waals surface area contributed by atoms with Crippen molar-refractivity contribution in [3.8, 4) is 0 Å². The highest BCUT2D eigenvalue weighted by atomic mass is 15.3. The van der Waals surface area contributed by atoms with Crippen LogP contribution < -0.4 is 11.3 Å². The van der Waals surface area contributed by atoms with Crippen LogP contribution in [0.1, 0.15) is 18.9 Å². The minimum Gasteiger partial charge on any atom is -0.308 e. The zero-order valence-corrected chi connectivity index (χ0v) is 11.3. The van der Waals surface area contributed by atoms with Gasteiger partial charge in [0.15, 0.2) is 0 Å². The SMILES string of the molecule is CCC1CN(Cc2cccnc2NN)CCN1C. The van der Waals surface area contributed by atoms with Crippen LogP contribution in [-0.4, -0.2) is 47.5 Å². The molecule has 0 aromatic carbocycles. The first-order chi connectivity index (χ1) is 8.74. The van der Waals surface area contributed by atoms with Gasteiger partial charge in [0.2, 0.25) is 0 Å². The molecule has 0 spiro atoms. The number of nitrogens with one attached hydrogen (secondary N) is 1. The van der Waals surface area contributed by atoms with Gasteiger partial charge in [-0.25, -0.2) is 10.8 Å². The second kappa shape index (κ2) is 6.13. The van der Waals surface area contributed by atoms with Gasteiger partial charge in [-0.15, -0.1) is 0 Å². The predicted molar refractivity (Wildman–Crippen MR) is 74.0 cm³/mol. The van der Waals surface area contributed by atoms with Crippen molar-refractivity contribution in [2.24, 2.45) is 5.84 Å². The number of hydrogen-bond acceptors (Lipinski definition) is 5. The molecule has 1 aromatic rings. The maximum atomic E-state index is 5.49. The van der Waals surface area contributed by atoms with E-state index in [2.05, 4.69) is 40.2 Å². The highest BCUT2D eigenvalue weighted by Gasteiger charge is 2.23. The van der Waals surface area contributed by atoms with E-state index in [0.29, 0.717) is 6.04 Å². The Kier molecular flexibility index (Phi) is 4.52. The van der Waals surface area contributed by atoms with E-state index in [0.717, 1.165) is 32.0 Å². The second-order valence-corrected chi connectivity index (χ2v) is 4.93. The number of likely N-dealkylation sites (N-methyl/N-ethyl adjacent to an activating group) is 1. The molecule has 5 nitrogen and oxygen atoms in total. The van der Waals surface area contributed by atoms with Crippen molar-refractivity contribution in [3.63, 3.8) is 0 Å². The number of nitrogens with zero attached hydrogens (tertiary/aromatic N) is 3. The molecule has 1 fully saturated rings. The molecule has 2 heterocycles. The standard InChI is InChI=1S/C13H23N5/c1-3-12-10-18(8-7-17(12)2)9-11-5-4-6-15-13(11)16-14/h4-6,12H,3,7-10,14H2,1-2H3,(H,15,16). The van der Waals surface area contributed by atoms with Gasteiger partial charge in [0.1, 0.15) is 5.82 Å². The van der Waals surface area contributed by atoms with E-state index in [1.807, 2.05) is 6.07 Å². The number of nitrogen functional groups attached to an aromatic ring is 1. The monoisotopic (exact) mass is 249 g/mol. The van der Waals surface area contributed by atoms with E-state index in [4.69, 9.17) is 5.84 Å². The quantitative estimate of drug-likeness (QED) is 0.613. The summed E-state index contributed by atoms with van der Waals surface area (Å²) in [5.41, 5.74) is 3.84. The van der Waals surface area contributed by atoms with Crippen molar-refractivity contribution >= 4 is 5.82 Å². The van der Waals surface area contributed by atoms with Crippen LogP contribution in [0, 0.1) is 0 Å².